The standard InChI is InChI=1S/C20H29N3O4/c1-6-16(20(26)27-7-2)15(5)22-23-19(25)11-10-18(24)21-17-12-13(3)8-9-14(17)4/h8-9,12,16H,6-7,10-11H2,1-5H3,(H,21,24)(H,23,25)/b22-15-/t16-/m0/s1. The van der Waals surface area contributed by atoms with E-state index in [1.54, 1.807) is 13.8 Å². The van der Waals surface area contributed by atoms with Crippen LogP contribution in [0.1, 0.15) is 51.2 Å². The van der Waals surface area contributed by atoms with Crippen molar-refractivity contribution in [1.29, 1.82) is 0 Å². The maximum absolute atomic E-state index is 12.0. The molecule has 0 radical (unpaired) electrons. The topological polar surface area (TPSA) is 96.9 Å². The lowest BCUT2D eigenvalue weighted by Gasteiger charge is -2.13. The molecule has 0 aliphatic carbocycles. The quantitative estimate of drug-likeness (QED) is 0.394. The third kappa shape index (κ3) is 7.60. The maximum Gasteiger partial charge on any atom is 0.314 e. The van der Waals surface area contributed by atoms with Gasteiger partial charge in [-0.3, -0.25) is 14.4 Å². The van der Waals surface area contributed by atoms with Crippen LogP contribution in [0.3, 0.4) is 0 Å². The maximum atomic E-state index is 12.0. The molecule has 0 aromatic heterocycles. The molecule has 2 N–H and O–H groups in total. The SMILES string of the molecule is CCOC(=O)[C@@H](CC)/C(C)=N\NC(=O)CCC(=O)Nc1cc(C)ccc1C. The van der Waals surface area contributed by atoms with Crippen molar-refractivity contribution in [1.82, 2.24) is 5.43 Å². The predicted octanol–water partition coefficient (Wildman–Crippen LogP) is 3.10. The molecule has 7 nitrogen and oxygen atoms in total. The number of esters is 1. The smallest absolute Gasteiger partial charge is 0.314 e. The van der Waals surface area contributed by atoms with Crippen LogP contribution in [0.4, 0.5) is 5.69 Å². The van der Waals surface area contributed by atoms with Crippen molar-refractivity contribution in [2.75, 3.05) is 11.9 Å². The predicted molar refractivity (Wildman–Crippen MR) is 105 cm³/mol. The van der Waals surface area contributed by atoms with Crippen LogP contribution in [0.5, 0.6) is 0 Å². The van der Waals surface area contributed by atoms with E-state index >= 15 is 0 Å². The van der Waals surface area contributed by atoms with Crippen molar-refractivity contribution in [3.8, 4) is 0 Å². The van der Waals surface area contributed by atoms with E-state index in [0.29, 0.717) is 18.7 Å². The highest BCUT2D eigenvalue weighted by Crippen LogP contribution is 2.16. The molecule has 0 heterocycles. The molecule has 1 atom stereocenters. The van der Waals surface area contributed by atoms with Gasteiger partial charge in [-0.05, 0) is 51.3 Å². The Labute approximate surface area is 160 Å². The summed E-state index contributed by atoms with van der Waals surface area (Å²) >= 11 is 0. The fourth-order valence-corrected chi connectivity index (χ4v) is 2.47. The second kappa shape index (κ2) is 11.1. The monoisotopic (exact) mass is 375 g/mol. The van der Waals surface area contributed by atoms with Crippen molar-refractivity contribution < 1.29 is 19.1 Å². The molecule has 1 rings (SSSR count). The molecule has 148 valence electrons. The third-order valence-electron chi connectivity index (χ3n) is 4.09. The van der Waals surface area contributed by atoms with Gasteiger partial charge in [0.15, 0.2) is 0 Å². The van der Waals surface area contributed by atoms with Crippen molar-refractivity contribution in [2.45, 2.75) is 53.9 Å². The number of carbonyl (C=O) groups is 3. The summed E-state index contributed by atoms with van der Waals surface area (Å²) < 4.78 is 4.99. The number of aryl methyl sites for hydroxylation is 2. The van der Waals surface area contributed by atoms with Crippen LogP contribution in [0.15, 0.2) is 23.3 Å². The molecule has 0 aliphatic heterocycles. The van der Waals surface area contributed by atoms with Gasteiger partial charge in [-0.2, -0.15) is 5.10 Å². The second-order valence-electron chi connectivity index (χ2n) is 6.37. The Kier molecular flexibility index (Phi) is 9.19. The number of hydrazone groups is 1. The fourth-order valence-electron chi connectivity index (χ4n) is 2.47. The number of amides is 2. The van der Waals surface area contributed by atoms with Crippen LogP contribution in [-0.4, -0.2) is 30.1 Å². The summed E-state index contributed by atoms with van der Waals surface area (Å²) in [6.45, 7) is 9.40. The molecule has 0 spiro atoms. The molecular formula is C20H29N3O4. The highest BCUT2D eigenvalue weighted by Gasteiger charge is 2.21. The third-order valence-corrected chi connectivity index (χ3v) is 4.09. The van der Waals surface area contributed by atoms with Gasteiger partial charge in [-0.25, -0.2) is 5.43 Å². The molecule has 0 fully saturated rings. The first-order chi connectivity index (χ1) is 12.8. The average molecular weight is 375 g/mol. The van der Waals surface area contributed by atoms with Gasteiger partial charge in [0.25, 0.3) is 0 Å². The van der Waals surface area contributed by atoms with Gasteiger partial charge >= 0.3 is 5.97 Å². The summed E-state index contributed by atoms with van der Waals surface area (Å²) in [5.74, 6) is -1.47. The Morgan fingerprint density at radius 3 is 2.41 bits per heavy atom. The van der Waals surface area contributed by atoms with Gasteiger partial charge in [-0.1, -0.05) is 19.1 Å². The lowest BCUT2D eigenvalue weighted by Crippen LogP contribution is -2.27. The lowest BCUT2D eigenvalue weighted by molar-refractivity contribution is -0.145. The van der Waals surface area contributed by atoms with Gasteiger partial charge < -0.3 is 10.1 Å². The van der Waals surface area contributed by atoms with Gasteiger partial charge in [-0.15, -0.1) is 0 Å². The Morgan fingerprint density at radius 1 is 1.11 bits per heavy atom. The van der Waals surface area contributed by atoms with E-state index in [-0.39, 0.29) is 30.6 Å². The summed E-state index contributed by atoms with van der Waals surface area (Å²) in [6, 6.07) is 5.79. The first-order valence-electron chi connectivity index (χ1n) is 9.15. The highest BCUT2D eigenvalue weighted by molar-refractivity contribution is 6.01. The Bertz CT molecular complexity index is 713. The number of nitrogens with one attached hydrogen (secondary N) is 2. The van der Waals surface area contributed by atoms with E-state index in [1.807, 2.05) is 39.0 Å². The average Bonchev–Trinajstić information content (AvgIpc) is 2.62. The molecular weight excluding hydrogens is 346 g/mol. The van der Waals surface area contributed by atoms with Gasteiger partial charge in [0.2, 0.25) is 11.8 Å². The molecule has 27 heavy (non-hydrogen) atoms. The summed E-state index contributed by atoms with van der Waals surface area (Å²) in [7, 11) is 0. The zero-order chi connectivity index (χ0) is 20.4. The Hall–Kier alpha value is -2.70. The van der Waals surface area contributed by atoms with E-state index in [2.05, 4.69) is 15.8 Å². The number of hydrogen-bond donors (Lipinski definition) is 2. The molecule has 0 aliphatic rings. The highest BCUT2D eigenvalue weighted by atomic mass is 16.5. The minimum Gasteiger partial charge on any atom is -0.465 e. The van der Waals surface area contributed by atoms with Crippen molar-refractivity contribution >= 4 is 29.2 Å². The molecule has 7 heteroatoms. The lowest BCUT2D eigenvalue weighted by atomic mass is 10.0. The van der Waals surface area contributed by atoms with Crippen LogP contribution < -0.4 is 10.7 Å². The Morgan fingerprint density at radius 2 is 1.78 bits per heavy atom. The van der Waals surface area contributed by atoms with Gasteiger partial charge in [0.1, 0.15) is 0 Å². The van der Waals surface area contributed by atoms with E-state index in [9.17, 15) is 14.4 Å². The van der Waals surface area contributed by atoms with Gasteiger partial charge in [0.05, 0.1) is 12.5 Å². The van der Waals surface area contributed by atoms with E-state index in [1.165, 1.54) is 0 Å². The number of carbonyl (C=O) groups excluding carboxylic acids is 3. The van der Waals surface area contributed by atoms with E-state index < -0.39 is 5.92 Å². The Balaban J connectivity index is 2.51. The number of nitrogens with zero attached hydrogens (tertiary/aromatic N) is 1. The first-order valence-corrected chi connectivity index (χ1v) is 9.15. The molecule has 0 bridgehead atoms. The summed E-state index contributed by atoms with van der Waals surface area (Å²) in [5, 5.41) is 6.78. The van der Waals surface area contributed by atoms with Crippen LogP contribution in [-0.2, 0) is 19.1 Å². The van der Waals surface area contributed by atoms with E-state index in [4.69, 9.17) is 4.74 Å². The van der Waals surface area contributed by atoms with Crippen molar-refractivity contribution in [3.63, 3.8) is 0 Å². The zero-order valence-corrected chi connectivity index (χ0v) is 16.7. The van der Waals surface area contributed by atoms with Crippen molar-refractivity contribution in [3.05, 3.63) is 29.3 Å². The fraction of sp³-hybridized carbons (Fsp3) is 0.500. The van der Waals surface area contributed by atoms with Gasteiger partial charge in [0, 0.05) is 24.2 Å². The van der Waals surface area contributed by atoms with Crippen LogP contribution in [0.2, 0.25) is 0 Å². The van der Waals surface area contributed by atoms with Crippen LogP contribution in [0.25, 0.3) is 0 Å². The molecule has 0 saturated heterocycles. The van der Waals surface area contributed by atoms with Crippen LogP contribution >= 0.6 is 0 Å². The molecule has 1 aromatic rings. The van der Waals surface area contributed by atoms with E-state index in [0.717, 1.165) is 16.8 Å². The molecule has 0 unspecified atom stereocenters. The zero-order valence-electron chi connectivity index (χ0n) is 16.7. The minimum absolute atomic E-state index is 0.00365. The minimum atomic E-state index is -0.488. The number of rotatable bonds is 9. The summed E-state index contributed by atoms with van der Waals surface area (Å²) in [5.41, 5.74) is 5.62. The molecule has 1 aromatic carbocycles. The summed E-state index contributed by atoms with van der Waals surface area (Å²) in [6.07, 6.45) is 0.578. The normalized spacial score (nSPS) is 12.3. The largest absolute Gasteiger partial charge is 0.465 e. The second-order valence-corrected chi connectivity index (χ2v) is 6.37. The number of hydrogen-bond acceptors (Lipinski definition) is 5. The number of benzene rings is 1. The number of ether oxygens (including phenoxy) is 1. The first kappa shape index (κ1) is 22.3. The molecule has 0 saturated carbocycles. The molecule has 2 amide bonds. The number of anilines is 1. The summed E-state index contributed by atoms with van der Waals surface area (Å²) in [4.78, 5) is 35.8. The van der Waals surface area contributed by atoms with Crippen molar-refractivity contribution in [2.24, 2.45) is 11.0 Å². The van der Waals surface area contributed by atoms with Crippen LogP contribution in [0, 0.1) is 19.8 Å².